The van der Waals surface area contributed by atoms with Crippen LogP contribution in [0.25, 0.3) is 0 Å². The van der Waals surface area contributed by atoms with E-state index in [1.807, 2.05) is 6.92 Å². The third-order valence-corrected chi connectivity index (χ3v) is 4.99. The van der Waals surface area contributed by atoms with Crippen molar-refractivity contribution in [1.82, 2.24) is 16.0 Å². The van der Waals surface area contributed by atoms with Crippen LogP contribution in [0, 0.1) is 24.6 Å². The molecule has 0 saturated heterocycles. The monoisotopic (exact) mass is 390 g/mol. The summed E-state index contributed by atoms with van der Waals surface area (Å²) in [6.07, 6.45) is 3.36. The lowest BCUT2D eigenvalue weighted by atomic mass is 9.86. The third-order valence-electron chi connectivity index (χ3n) is 4.99. The van der Waals surface area contributed by atoms with Crippen molar-refractivity contribution in [3.63, 3.8) is 0 Å². The molecular formula is C21H26F2N3O2. The molecule has 2 heterocycles. The predicted octanol–water partition coefficient (Wildman–Crippen LogP) is 3.70. The van der Waals surface area contributed by atoms with E-state index in [0.717, 1.165) is 22.9 Å². The number of amides is 2. The van der Waals surface area contributed by atoms with Gasteiger partial charge in [-0.15, -0.1) is 0 Å². The molecule has 0 spiro atoms. The SMILES string of the molecule is CC1=C2[C](C=CN1)NC(=O)C(CC(=O)N[C@@H](C)c1c(C)cc(F)cc1F)=C2C.[HH].[HH]. The Labute approximate surface area is 165 Å². The molecule has 151 valence electrons. The first kappa shape index (κ1) is 19.8. The molecule has 0 saturated carbocycles. The normalized spacial score (nSPS) is 17.9. The Morgan fingerprint density at radius 3 is 2.64 bits per heavy atom. The fraction of sp³-hybridized carbons (Fsp3) is 0.286. The first-order valence-electron chi connectivity index (χ1n) is 8.96. The first-order chi connectivity index (χ1) is 13.2. The molecule has 5 nitrogen and oxygen atoms in total. The summed E-state index contributed by atoms with van der Waals surface area (Å²) >= 11 is 0. The van der Waals surface area contributed by atoms with Gasteiger partial charge in [-0.05, 0) is 57.2 Å². The number of aryl methyl sites for hydroxylation is 1. The molecule has 7 heteroatoms. The molecule has 1 atom stereocenters. The predicted molar refractivity (Wildman–Crippen MR) is 106 cm³/mol. The van der Waals surface area contributed by atoms with Gasteiger partial charge in [0, 0.05) is 31.3 Å². The quantitative estimate of drug-likeness (QED) is 0.734. The van der Waals surface area contributed by atoms with Gasteiger partial charge in [0.05, 0.1) is 12.5 Å². The smallest absolute Gasteiger partial charge is 0.249 e. The lowest BCUT2D eigenvalue weighted by Crippen LogP contribution is -2.39. The van der Waals surface area contributed by atoms with E-state index in [1.54, 1.807) is 33.0 Å². The molecule has 2 aliphatic heterocycles. The summed E-state index contributed by atoms with van der Waals surface area (Å²) < 4.78 is 27.4. The zero-order valence-corrected chi connectivity index (χ0v) is 16.2. The van der Waals surface area contributed by atoms with E-state index in [0.29, 0.717) is 17.2 Å². The van der Waals surface area contributed by atoms with E-state index in [1.165, 1.54) is 6.07 Å². The maximum atomic E-state index is 14.1. The highest BCUT2D eigenvalue weighted by molar-refractivity contribution is 6.03. The van der Waals surface area contributed by atoms with Crippen molar-refractivity contribution >= 4 is 11.8 Å². The summed E-state index contributed by atoms with van der Waals surface area (Å²) in [5, 5.41) is 8.59. The third kappa shape index (κ3) is 3.69. The van der Waals surface area contributed by atoms with Gasteiger partial charge in [-0.25, -0.2) is 8.78 Å². The summed E-state index contributed by atoms with van der Waals surface area (Å²) in [5.74, 6) is -2.12. The minimum Gasteiger partial charge on any atom is -0.365 e. The van der Waals surface area contributed by atoms with E-state index < -0.39 is 23.6 Å². The van der Waals surface area contributed by atoms with Gasteiger partial charge in [0.15, 0.2) is 0 Å². The molecule has 28 heavy (non-hydrogen) atoms. The summed E-state index contributed by atoms with van der Waals surface area (Å²) in [5.41, 5.74) is 3.46. The highest BCUT2D eigenvalue weighted by atomic mass is 19.1. The molecule has 1 radical (unpaired) electrons. The zero-order valence-electron chi connectivity index (χ0n) is 16.2. The number of dihydropyridines is 1. The van der Waals surface area contributed by atoms with Crippen LogP contribution in [-0.4, -0.2) is 11.8 Å². The van der Waals surface area contributed by atoms with Crippen LogP contribution in [0.4, 0.5) is 8.78 Å². The molecule has 2 amide bonds. The van der Waals surface area contributed by atoms with Gasteiger partial charge >= 0.3 is 0 Å². The maximum Gasteiger partial charge on any atom is 0.249 e. The zero-order chi connectivity index (χ0) is 20.6. The van der Waals surface area contributed by atoms with E-state index in [2.05, 4.69) is 16.0 Å². The Hall–Kier alpha value is -2.96. The number of nitrogens with one attached hydrogen (secondary N) is 3. The molecule has 1 aromatic carbocycles. The molecule has 0 unspecified atom stereocenters. The van der Waals surface area contributed by atoms with Crippen molar-refractivity contribution in [1.29, 1.82) is 0 Å². The second-order valence-electron chi connectivity index (χ2n) is 7.03. The van der Waals surface area contributed by atoms with Gasteiger partial charge in [0.2, 0.25) is 11.8 Å². The molecule has 1 aromatic rings. The van der Waals surface area contributed by atoms with Gasteiger partial charge in [-0.2, -0.15) is 0 Å². The molecule has 0 aliphatic carbocycles. The molecule has 0 aromatic heterocycles. The van der Waals surface area contributed by atoms with E-state index in [9.17, 15) is 18.4 Å². The summed E-state index contributed by atoms with van der Waals surface area (Å²) in [6, 6.07) is 2.05. The van der Waals surface area contributed by atoms with Crippen LogP contribution in [0.1, 0.15) is 47.2 Å². The molecular weight excluding hydrogens is 364 g/mol. The van der Waals surface area contributed by atoms with Crippen molar-refractivity contribution < 1.29 is 21.2 Å². The van der Waals surface area contributed by atoms with E-state index >= 15 is 0 Å². The van der Waals surface area contributed by atoms with E-state index in [-0.39, 0.29) is 20.7 Å². The molecule has 3 N–H and O–H groups in total. The fourth-order valence-corrected chi connectivity index (χ4v) is 3.71. The Balaban J connectivity index is 0.00000225. The second kappa shape index (κ2) is 7.58. The van der Waals surface area contributed by atoms with Crippen molar-refractivity contribution in [2.24, 2.45) is 0 Å². The summed E-state index contributed by atoms with van der Waals surface area (Å²) in [6.45, 7) is 6.90. The van der Waals surface area contributed by atoms with Crippen LogP contribution < -0.4 is 16.0 Å². The first-order valence-corrected chi connectivity index (χ1v) is 8.96. The fourth-order valence-electron chi connectivity index (χ4n) is 3.71. The Kier molecular flexibility index (Phi) is 5.36. The summed E-state index contributed by atoms with van der Waals surface area (Å²) in [4.78, 5) is 25.0. The Morgan fingerprint density at radius 1 is 1.25 bits per heavy atom. The number of halogens is 2. The highest BCUT2D eigenvalue weighted by Gasteiger charge is 2.32. The number of carbonyl (C=O) groups is 2. The minimum absolute atomic E-state index is 0. The maximum absolute atomic E-state index is 14.1. The lowest BCUT2D eigenvalue weighted by Gasteiger charge is -2.30. The number of carbonyl (C=O) groups excluding carboxylic acids is 2. The van der Waals surface area contributed by atoms with Crippen LogP contribution in [0.15, 0.2) is 46.8 Å². The lowest BCUT2D eigenvalue weighted by molar-refractivity contribution is -0.123. The van der Waals surface area contributed by atoms with Gasteiger partial charge in [0.25, 0.3) is 0 Å². The summed E-state index contributed by atoms with van der Waals surface area (Å²) in [7, 11) is 0. The Bertz CT molecular complexity index is 935. The topological polar surface area (TPSA) is 70.2 Å². The minimum atomic E-state index is -0.712. The molecule has 0 fully saturated rings. The number of allylic oxidation sites excluding steroid dienone is 1. The number of rotatable bonds is 4. The van der Waals surface area contributed by atoms with Crippen LogP contribution in [0.5, 0.6) is 0 Å². The molecule has 2 aliphatic rings. The largest absolute Gasteiger partial charge is 0.365 e. The average molecular weight is 390 g/mol. The van der Waals surface area contributed by atoms with Gasteiger partial charge < -0.3 is 16.0 Å². The van der Waals surface area contributed by atoms with Crippen LogP contribution in [-0.2, 0) is 9.59 Å². The average Bonchev–Trinajstić information content (AvgIpc) is 2.57. The highest BCUT2D eigenvalue weighted by Crippen LogP contribution is 2.33. The molecule has 3 rings (SSSR count). The van der Waals surface area contributed by atoms with Gasteiger partial charge in [-0.1, -0.05) is 0 Å². The number of hydrogen-bond donors (Lipinski definition) is 3. The van der Waals surface area contributed by atoms with Crippen molar-refractivity contribution in [2.75, 3.05) is 0 Å². The van der Waals surface area contributed by atoms with Crippen LogP contribution in [0.3, 0.4) is 0 Å². The standard InChI is InChI=1S/C21H22F2N3O2.2H2/c1-10-7-14(22)8-16(23)19(10)13(4)25-18(27)9-15-11(2)20-12(3)24-6-5-17(20)26-21(15)28;;/h5-8,13,24H,9H2,1-4H3,(H,25,27)(H,26,28);2*1H/t13-;;/m0../s1. The van der Waals surface area contributed by atoms with Crippen LogP contribution >= 0.6 is 0 Å². The van der Waals surface area contributed by atoms with Crippen LogP contribution in [0.2, 0.25) is 0 Å². The van der Waals surface area contributed by atoms with Crippen molar-refractivity contribution in [2.45, 2.75) is 40.2 Å². The second-order valence-corrected chi connectivity index (χ2v) is 7.03. The Morgan fingerprint density at radius 2 is 1.96 bits per heavy atom. The van der Waals surface area contributed by atoms with Crippen molar-refractivity contribution in [3.05, 3.63) is 75.6 Å². The molecule has 0 bridgehead atoms. The number of benzene rings is 1. The van der Waals surface area contributed by atoms with E-state index in [4.69, 9.17) is 0 Å². The van der Waals surface area contributed by atoms with Crippen molar-refractivity contribution in [3.8, 4) is 0 Å². The number of fused-ring (bicyclic) bond motifs is 1. The van der Waals surface area contributed by atoms with Gasteiger partial charge in [0.1, 0.15) is 17.7 Å². The number of hydrogen-bond acceptors (Lipinski definition) is 3. The van der Waals surface area contributed by atoms with Gasteiger partial charge in [-0.3, -0.25) is 9.59 Å².